The Morgan fingerprint density at radius 3 is 2.41 bits per heavy atom. The molecule has 0 saturated carbocycles. The van der Waals surface area contributed by atoms with Crippen molar-refractivity contribution in [1.82, 2.24) is 9.78 Å². The fraction of sp³-hybridized carbons (Fsp3) is 0.0870. The second kappa shape index (κ2) is 7.89. The number of hydrogen-bond donors (Lipinski definition) is 1. The first-order valence-electron chi connectivity index (χ1n) is 9.14. The van der Waals surface area contributed by atoms with Gasteiger partial charge in [0.2, 0.25) is 0 Å². The largest absolute Gasteiger partial charge is 0.321 e. The molecule has 1 N–H and O–H groups in total. The zero-order valence-corrected chi connectivity index (χ0v) is 16.5. The Bertz CT molecular complexity index is 1270. The zero-order valence-electron chi connectivity index (χ0n) is 15.7. The number of anilines is 1. The van der Waals surface area contributed by atoms with Crippen LogP contribution >= 0.6 is 11.6 Å². The lowest BCUT2D eigenvalue weighted by Gasteiger charge is -2.12. The zero-order chi connectivity index (χ0) is 20.4. The maximum Gasteiger partial charge on any atom is 0.276 e. The van der Waals surface area contributed by atoms with E-state index >= 15 is 0 Å². The van der Waals surface area contributed by atoms with Gasteiger partial charge in [-0.05, 0) is 36.2 Å². The van der Waals surface area contributed by atoms with Crippen LogP contribution in [0, 0.1) is 6.92 Å². The molecule has 144 valence electrons. The number of carbonyl (C=O) groups is 1. The number of rotatable bonds is 4. The first-order chi connectivity index (χ1) is 14.0. The standard InChI is InChI=1S/C23H18ClN3O2/c1-15-11-12-17(13-20(15)24)25-22(28)21-18-9-5-6-10-19(18)23(29)27(26-21)14-16-7-3-2-4-8-16/h2-13H,14H2,1H3,(H,25,28). The van der Waals surface area contributed by atoms with E-state index in [2.05, 4.69) is 10.4 Å². The van der Waals surface area contributed by atoms with E-state index in [-0.39, 0.29) is 17.8 Å². The third-order valence-electron chi connectivity index (χ3n) is 4.69. The third kappa shape index (κ3) is 3.91. The number of carbonyl (C=O) groups excluding carboxylic acids is 1. The molecule has 0 bridgehead atoms. The molecule has 1 amide bonds. The van der Waals surface area contributed by atoms with Crippen molar-refractivity contribution >= 4 is 34.0 Å². The predicted molar refractivity (Wildman–Crippen MR) is 116 cm³/mol. The summed E-state index contributed by atoms with van der Waals surface area (Å²) in [4.78, 5) is 25.9. The highest BCUT2D eigenvalue weighted by molar-refractivity contribution is 6.31. The van der Waals surface area contributed by atoms with Crippen molar-refractivity contribution in [3.63, 3.8) is 0 Å². The Morgan fingerprint density at radius 2 is 1.69 bits per heavy atom. The average Bonchev–Trinajstić information content (AvgIpc) is 2.73. The quantitative estimate of drug-likeness (QED) is 0.539. The average molecular weight is 404 g/mol. The van der Waals surface area contributed by atoms with Crippen LogP contribution in [0.3, 0.4) is 0 Å². The molecule has 0 aliphatic carbocycles. The number of aromatic nitrogens is 2. The smallest absolute Gasteiger partial charge is 0.276 e. The number of nitrogens with zero attached hydrogens (tertiary/aromatic N) is 2. The van der Waals surface area contributed by atoms with E-state index in [1.165, 1.54) is 4.68 Å². The highest BCUT2D eigenvalue weighted by Crippen LogP contribution is 2.21. The molecule has 29 heavy (non-hydrogen) atoms. The van der Waals surface area contributed by atoms with Crippen molar-refractivity contribution in [1.29, 1.82) is 0 Å². The van der Waals surface area contributed by atoms with Gasteiger partial charge in [-0.25, -0.2) is 4.68 Å². The number of fused-ring (bicyclic) bond motifs is 1. The van der Waals surface area contributed by atoms with E-state index in [1.54, 1.807) is 36.4 Å². The van der Waals surface area contributed by atoms with E-state index in [0.29, 0.717) is 21.5 Å². The van der Waals surface area contributed by atoms with Crippen LogP contribution in [0.25, 0.3) is 10.8 Å². The van der Waals surface area contributed by atoms with Crippen molar-refractivity contribution in [3.05, 3.63) is 105 Å². The summed E-state index contributed by atoms with van der Waals surface area (Å²) in [5.74, 6) is -0.400. The number of halogens is 1. The lowest BCUT2D eigenvalue weighted by molar-refractivity contribution is 0.102. The van der Waals surface area contributed by atoms with Crippen molar-refractivity contribution in [3.8, 4) is 0 Å². The van der Waals surface area contributed by atoms with Crippen LogP contribution in [0.2, 0.25) is 5.02 Å². The van der Waals surface area contributed by atoms with E-state index in [1.807, 2.05) is 43.3 Å². The normalized spacial score (nSPS) is 10.8. The Balaban J connectivity index is 1.78. The molecule has 0 saturated heterocycles. The van der Waals surface area contributed by atoms with Gasteiger partial charge < -0.3 is 5.32 Å². The molecule has 0 spiro atoms. The van der Waals surface area contributed by atoms with Gasteiger partial charge in [-0.15, -0.1) is 0 Å². The predicted octanol–water partition coefficient (Wildman–Crippen LogP) is 4.66. The second-order valence-electron chi connectivity index (χ2n) is 6.76. The van der Waals surface area contributed by atoms with E-state index < -0.39 is 5.91 Å². The summed E-state index contributed by atoms with van der Waals surface area (Å²) in [5, 5.41) is 8.74. The second-order valence-corrected chi connectivity index (χ2v) is 7.17. The molecule has 0 fully saturated rings. The van der Waals surface area contributed by atoms with Crippen molar-refractivity contribution in [2.75, 3.05) is 5.32 Å². The molecule has 4 aromatic rings. The molecule has 0 aliphatic rings. The van der Waals surface area contributed by atoms with E-state index in [4.69, 9.17) is 11.6 Å². The van der Waals surface area contributed by atoms with Gasteiger partial charge in [-0.3, -0.25) is 9.59 Å². The van der Waals surface area contributed by atoms with E-state index in [9.17, 15) is 9.59 Å². The molecule has 4 rings (SSSR count). The number of benzene rings is 3. The molecular weight excluding hydrogens is 386 g/mol. The van der Waals surface area contributed by atoms with Gasteiger partial charge >= 0.3 is 0 Å². The van der Waals surface area contributed by atoms with E-state index in [0.717, 1.165) is 11.1 Å². The molecule has 0 unspecified atom stereocenters. The van der Waals surface area contributed by atoms with Crippen LogP contribution < -0.4 is 10.9 Å². The molecule has 6 heteroatoms. The van der Waals surface area contributed by atoms with Gasteiger partial charge in [0.15, 0.2) is 5.69 Å². The molecule has 3 aromatic carbocycles. The van der Waals surface area contributed by atoms with Crippen molar-refractivity contribution in [2.24, 2.45) is 0 Å². The topological polar surface area (TPSA) is 64.0 Å². The first-order valence-corrected chi connectivity index (χ1v) is 9.52. The van der Waals surface area contributed by atoms with Gasteiger partial charge in [0.25, 0.3) is 11.5 Å². The molecule has 1 heterocycles. The molecular formula is C23H18ClN3O2. The van der Waals surface area contributed by atoms with Gasteiger partial charge in [0, 0.05) is 16.1 Å². The molecule has 0 radical (unpaired) electrons. The Hall–Kier alpha value is -3.44. The van der Waals surface area contributed by atoms with Crippen LogP contribution in [0.15, 0.2) is 77.6 Å². The van der Waals surface area contributed by atoms with Gasteiger partial charge in [-0.1, -0.05) is 66.2 Å². The summed E-state index contributed by atoms with van der Waals surface area (Å²) in [5.41, 5.74) is 2.36. The summed E-state index contributed by atoms with van der Waals surface area (Å²) in [6, 6.07) is 21.8. The van der Waals surface area contributed by atoms with Crippen LogP contribution in [0.1, 0.15) is 21.6 Å². The maximum absolute atomic E-state index is 13.0. The van der Waals surface area contributed by atoms with Crippen LogP contribution in [-0.2, 0) is 6.54 Å². The van der Waals surface area contributed by atoms with Gasteiger partial charge in [0.05, 0.1) is 11.9 Å². The minimum atomic E-state index is -0.400. The number of aryl methyl sites for hydroxylation is 1. The summed E-state index contributed by atoms with van der Waals surface area (Å²) in [7, 11) is 0. The Morgan fingerprint density at radius 1 is 1.00 bits per heavy atom. The van der Waals surface area contributed by atoms with Crippen LogP contribution in [-0.4, -0.2) is 15.7 Å². The van der Waals surface area contributed by atoms with Gasteiger partial charge in [0.1, 0.15) is 0 Å². The minimum Gasteiger partial charge on any atom is -0.321 e. The summed E-state index contributed by atoms with van der Waals surface area (Å²) < 4.78 is 1.33. The number of nitrogens with one attached hydrogen (secondary N) is 1. The fourth-order valence-electron chi connectivity index (χ4n) is 3.13. The summed E-state index contributed by atoms with van der Waals surface area (Å²) >= 11 is 6.16. The molecule has 5 nitrogen and oxygen atoms in total. The fourth-order valence-corrected chi connectivity index (χ4v) is 3.31. The lowest BCUT2D eigenvalue weighted by atomic mass is 10.1. The SMILES string of the molecule is Cc1ccc(NC(=O)c2nn(Cc3ccccc3)c(=O)c3ccccc23)cc1Cl. The van der Waals surface area contributed by atoms with Crippen molar-refractivity contribution < 1.29 is 4.79 Å². The molecule has 0 atom stereocenters. The van der Waals surface area contributed by atoms with Crippen molar-refractivity contribution in [2.45, 2.75) is 13.5 Å². The highest BCUT2D eigenvalue weighted by atomic mass is 35.5. The maximum atomic E-state index is 13.0. The molecule has 1 aromatic heterocycles. The van der Waals surface area contributed by atoms with Crippen LogP contribution in [0.5, 0.6) is 0 Å². The summed E-state index contributed by atoms with van der Waals surface area (Å²) in [6.45, 7) is 2.17. The monoisotopic (exact) mass is 403 g/mol. The lowest BCUT2D eigenvalue weighted by Crippen LogP contribution is -2.28. The Labute approximate surface area is 172 Å². The van der Waals surface area contributed by atoms with Gasteiger partial charge in [-0.2, -0.15) is 5.10 Å². The van der Waals surface area contributed by atoms with Crippen LogP contribution in [0.4, 0.5) is 5.69 Å². The number of amides is 1. The molecule has 0 aliphatic heterocycles. The number of hydrogen-bond acceptors (Lipinski definition) is 3. The highest BCUT2D eigenvalue weighted by Gasteiger charge is 2.17. The Kier molecular flexibility index (Phi) is 5.14. The summed E-state index contributed by atoms with van der Waals surface area (Å²) in [6.07, 6.45) is 0. The first kappa shape index (κ1) is 18.9. The minimum absolute atomic E-state index is 0.188. The third-order valence-corrected chi connectivity index (χ3v) is 5.09.